The van der Waals surface area contributed by atoms with Crippen molar-refractivity contribution in [3.63, 3.8) is 0 Å². The molecule has 1 amide bonds. The third-order valence-corrected chi connectivity index (χ3v) is 7.37. The number of hydrogen-bond acceptors (Lipinski definition) is 6. The van der Waals surface area contributed by atoms with Gasteiger partial charge in [-0.05, 0) is 66.7 Å². The molecule has 0 aliphatic rings. The molecule has 0 spiro atoms. The van der Waals surface area contributed by atoms with Crippen molar-refractivity contribution in [2.45, 2.75) is 11.1 Å². The number of benzene rings is 4. The van der Waals surface area contributed by atoms with Gasteiger partial charge in [0.2, 0.25) is 0 Å². The maximum absolute atomic E-state index is 13.1. The molecule has 0 aliphatic heterocycles. The van der Waals surface area contributed by atoms with Gasteiger partial charge in [-0.15, -0.1) is 0 Å². The molecule has 0 aromatic heterocycles. The zero-order valence-corrected chi connectivity index (χ0v) is 22.6. The first-order chi connectivity index (χ1) is 19.2. The molecule has 0 radical (unpaired) electrons. The van der Waals surface area contributed by atoms with Gasteiger partial charge in [-0.2, -0.15) is 13.2 Å². The van der Waals surface area contributed by atoms with Gasteiger partial charge >= 0.3 is 6.18 Å². The largest absolute Gasteiger partial charge is 0.456 e. The minimum absolute atomic E-state index is 0.0149. The SMILES string of the molecule is O=C(Nc1ccc(C(F)(F)F)cc1[N+](=O)[O-])c1cc(Cl)ccc1NS(=O)(=O)c1ccc(Oc2ccccc2Cl)cc1. The molecular formula is C26H16Cl2F3N3O6S. The molecule has 4 aromatic rings. The Labute approximate surface area is 240 Å². The highest BCUT2D eigenvalue weighted by Gasteiger charge is 2.33. The molecule has 9 nitrogen and oxygen atoms in total. The number of nitro benzene ring substituents is 1. The van der Waals surface area contributed by atoms with Gasteiger partial charge in [0.15, 0.2) is 0 Å². The van der Waals surface area contributed by atoms with E-state index < -0.39 is 44.0 Å². The maximum atomic E-state index is 13.1. The quantitative estimate of drug-likeness (QED) is 0.152. The van der Waals surface area contributed by atoms with Crippen molar-refractivity contribution in [3.05, 3.63) is 116 Å². The molecule has 4 rings (SSSR count). The number of amides is 1. The Bertz CT molecular complexity index is 1750. The summed E-state index contributed by atoms with van der Waals surface area (Å²) in [7, 11) is -4.28. The number of alkyl halides is 3. The molecule has 0 saturated heterocycles. The minimum Gasteiger partial charge on any atom is -0.456 e. The lowest BCUT2D eigenvalue weighted by molar-refractivity contribution is -0.384. The molecule has 0 atom stereocenters. The lowest BCUT2D eigenvalue weighted by atomic mass is 10.1. The van der Waals surface area contributed by atoms with Crippen LogP contribution in [0, 0.1) is 10.1 Å². The van der Waals surface area contributed by atoms with Crippen molar-refractivity contribution in [2.24, 2.45) is 0 Å². The zero-order chi connectivity index (χ0) is 29.9. The molecule has 0 bridgehead atoms. The standard InChI is InChI=1S/C26H16Cl2F3N3O6S/c27-16-6-12-21(19(14-16)25(35)32-22-11-5-15(26(29,30)31)13-23(22)34(36)37)33-41(38,39)18-9-7-17(8-10-18)40-24-4-2-1-3-20(24)28/h1-14,33H,(H,32,35). The van der Waals surface area contributed by atoms with Crippen LogP contribution in [0.1, 0.15) is 15.9 Å². The van der Waals surface area contributed by atoms with Crippen LogP contribution in [0.25, 0.3) is 0 Å². The fourth-order valence-corrected chi connectivity index (χ4v) is 4.92. The van der Waals surface area contributed by atoms with Gasteiger partial charge in [0, 0.05) is 11.1 Å². The molecule has 15 heteroatoms. The van der Waals surface area contributed by atoms with Crippen molar-refractivity contribution in [2.75, 3.05) is 10.0 Å². The second kappa shape index (κ2) is 11.6. The summed E-state index contributed by atoms with van der Waals surface area (Å²) in [5, 5.41) is 13.9. The number of ether oxygens (including phenoxy) is 1. The molecule has 0 aliphatic carbocycles. The molecule has 4 aromatic carbocycles. The molecule has 212 valence electrons. The number of nitro groups is 1. The van der Waals surface area contributed by atoms with E-state index in [1.165, 1.54) is 36.4 Å². The second-order valence-electron chi connectivity index (χ2n) is 8.24. The Morgan fingerprint density at radius 3 is 2.20 bits per heavy atom. The Kier molecular flexibility index (Phi) is 8.42. The van der Waals surface area contributed by atoms with Crippen LogP contribution in [-0.4, -0.2) is 19.2 Å². The van der Waals surface area contributed by atoms with E-state index in [2.05, 4.69) is 10.0 Å². The summed E-state index contributed by atoms with van der Waals surface area (Å²) in [5.41, 5.74) is -3.46. The van der Waals surface area contributed by atoms with Gasteiger partial charge in [-0.3, -0.25) is 19.6 Å². The number of hydrogen-bond donors (Lipinski definition) is 2. The zero-order valence-electron chi connectivity index (χ0n) is 20.3. The fraction of sp³-hybridized carbons (Fsp3) is 0.0385. The number of sulfonamides is 1. The van der Waals surface area contributed by atoms with Gasteiger partial charge in [0.05, 0.1) is 31.7 Å². The van der Waals surface area contributed by atoms with Crippen molar-refractivity contribution in [3.8, 4) is 11.5 Å². The van der Waals surface area contributed by atoms with Crippen LogP contribution < -0.4 is 14.8 Å². The molecular weight excluding hydrogens is 610 g/mol. The van der Waals surface area contributed by atoms with Gasteiger partial charge in [-0.25, -0.2) is 8.42 Å². The van der Waals surface area contributed by atoms with Crippen molar-refractivity contribution < 1.29 is 36.0 Å². The Hall–Kier alpha value is -4.33. The first kappa shape index (κ1) is 29.6. The summed E-state index contributed by atoms with van der Waals surface area (Å²) in [5.74, 6) is -0.425. The number of nitrogens with zero attached hydrogens (tertiary/aromatic N) is 1. The summed E-state index contributed by atoms with van der Waals surface area (Å²) < 4.78 is 73.1. The predicted octanol–water partition coefficient (Wildman–Crippen LogP) is 7.77. The molecule has 0 heterocycles. The average molecular weight is 626 g/mol. The van der Waals surface area contributed by atoms with Crippen molar-refractivity contribution >= 4 is 56.2 Å². The molecule has 41 heavy (non-hydrogen) atoms. The summed E-state index contributed by atoms with van der Waals surface area (Å²) in [6.45, 7) is 0. The van der Waals surface area contributed by atoms with Crippen LogP contribution in [0.4, 0.5) is 30.2 Å². The maximum Gasteiger partial charge on any atom is 0.416 e. The minimum atomic E-state index is -4.86. The Morgan fingerprint density at radius 1 is 0.902 bits per heavy atom. The highest BCUT2D eigenvalue weighted by atomic mass is 35.5. The van der Waals surface area contributed by atoms with E-state index in [-0.39, 0.29) is 27.2 Å². The van der Waals surface area contributed by atoms with Crippen LogP contribution in [0.15, 0.2) is 89.8 Å². The monoisotopic (exact) mass is 625 g/mol. The highest BCUT2D eigenvalue weighted by molar-refractivity contribution is 7.92. The number of carbonyl (C=O) groups excluding carboxylic acids is 1. The number of anilines is 2. The highest BCUT2D eigenvalue weighted by Crippen LogP contribution is 2.36. The topological polar surface area (TPSA) is 128 Å². The van der Waals surface area contributed by atoms with E-state index in [1.54, 1.807) is 24.3 Å². The van der Waals surface area contributed by atoms with E-state index in [1.807, 2.05) is 0 Å². The number of nitrogens with one attached hydrogen (secondary N) is 2. The number of carbonyl (C=O) groups is 1. The van der Waals surface area contributed by atoms with Gasteiger partial charge in [0.25, 0.3) is 21.6 Å². The third-order valence-electron chi connectivity index (χ3n) is 5.44. The summed E-state index contributed by atoms with van der Waals surface area (Å²) in [6.07, 6.45) is -4.86. The van der Waals surface area contributed by atoms with Gasteiger partial charge < -0.3 is 10.1 Å². The van der Waals surface area contributed by atoms with Crippen LogP contribution in [0.3, 0.4) is 0 Å². The van der Waals surface area contributed by atoms with E-state index in [9.17, 15) is 36.5 Å². The lowest BCUT2D eigenvalue weighted by Gasteiger charge is -2.14. The average Bonchev–Trinajstić information content (AvgIpc) is 2.90. The number of halogens is 5. The predicted molar refractivity (Wildman–Crippen MR) is 146 cm³/mol. The molecule has 2 N–H and O–H groups in total. The van der Waals surface area contributed by atoms with E-state index >= 15 is 0 Å². The molecule has 0 unspecified atom stereocenters. The van der Waals surface area contributed by atoms with E-state index in [0.717, 1.165) is 12.1 Å². The fourth-order valence-electron chi connectivity index (χ4n) is 3.49. The summed E-state index contributed by atoms with van der Waals surface area (Å²) in [6, 6.07) is 17.1. The number of para-hydroxylation sites is 1. The first-order valence-corrected chi connectivity index (χ1v) is 13.5. The summed E-state index contributed by atoms with van der Waals surface area (Å²) >= 11 is 12.1. The number of rotatable bonds is 8. The van der Waals surface area contributed by atoms with Crippen LogP contribution in [0.2, 0.25) is 10.0 Å². The molecule has 0 fully saturated rings. The van der Waals surface area contributed by atoms with E-state index in [0.29, 0.717) is 22.6 Å². The van der Waals surface area contributed by atoms with Crippen LogP contribution in [-0.2, 0) is 16.2 Å². The Morgan fingerprint density at radius 2 is 1.56 bits per heavy atom. The van der Waals surface area contributed by atoms with Crippen LogP contribution >= 0.6 is 23.2 Å². The smallest absolute Gasteiger partial charge is 0.416 e. The summed E-state index contributed by atoms with van der Waals surface area (Å²) in [4.78, 5) is 23.1. The molecule has 0 saturated carbocycles. The van der Waals surface area contributed by atoms with Crippen molar-refractivity contribution in [1.29, 1.82) is 0 Å². The van der Waals surface area contributed by atoms with Crippen LogP contribution in [0.5, 0.6) is 11.5 Å². The third kappa shape index (κ3) is 7.06. The van der Waals surface area contributed by atoms with Gasteiger partial charge in [0.1, 0.15) is 17.2 Å². The normalized spacial score (nSPS) is 11.5. The van der Waals surface area contributed by atoms with Crippen molar-refractivity contribution in [1.82, 2.24) is 0 Å². The van der Waals surface area contributed by atoms with E-state index in [4.69, 9.17) is 27.9 Å². The Balaban J connectivity index is 1.59. The first-order valence-electron chi connectivity index (χ1n) is 11.3. The lowest BCUT2D eigenvalue weighted by Crippen LogP contribution is -2.19. The second-order valence-corrected chi connectivity index (χ2v) is 10.8. The van der Waals surface area contributed by atoms with Gasteiger partial charge in [-0.1, -0.05) is 35.3 Å².